The van der Waals surface area contributed by atoms with Crippen molar-refractivity contribution in [2.45, 2.75) is 45.1 Å². The Bertz CT molecular complexity index is 225. The molecule has 0 radical (unpaired) electrons. The molecule has 17 heavy (non-hydrogen) atoms. The maximum atomic E-state index is 10.4. The first-order chi connectivity index (χ1) is 8.13. The van der Waals surface area contributed by atoms with Gasteiger partial charge in [0.1, 0.15) is 0 Å². The Kier molecular flexibility index (Phi) is 6.52. The van der Waals surface area contributed by atoms with Crippen LogP contribution in [0.5, 0.6) is 0 Å². The number of piperidine rings is 1. The number of carbonyl (C=O) groups is 1. The predicted molar refractivity (Wildman–Crippen MR) is 69.3 cm³/mol. The zero-order valence-electron chi connectivity index (χ0n) is 11.2. The number of hydrogen-bond donors (Lipinski definition) is 1. The molecule has 0 aliphatic carbocycles. The topological polar surface area (TPSA) is 43.8 Å². The van der Waals surface area contributed by atoms with Crippen molar-refractivity contribution in [2.24, 2.45) is 0 Å². The van der Waals surface area contributed by atoms with Gasteiger partial charge in [0, 0.05) is 12.5 Å². The Morgan fingerprint density at radius 2 is 2.06 bits per heavy atom. The second kappa shape index (κ2) is 7.67. The first-order valence-electron chi connectivity index (χ1n) is 6.78. The molecule has 0 saturated carbocycles. The van der Waals surface area contributed by atoms with Crippen molar-refractivity contribution in [3.8, 4) is 0 Å². The fourth-order valence-corrected chi connectivity index (χ4v) is 2.56. The highest BCUT2D eigenvalue weighted by Gasteiger charge is 2.21. The number of rotatable bonds is 7. The van der Waals surface area contributed by atoms with Crippen molar-refractivity contribution in [2.75, 3.05) is 33.2 Å². The maximum Gasteiger partial charge on any atom is 0.303 e. The van der Waals surface area contributed by atoms with Crippen LogP contribution >= 0.6 is 0 Å². The zero-order valence-corrected chi connectivity index (χ0v) is 11.2. The van der Waals surface area contributed by atoms with Crippen LogP contribution < -0.4 is 0 Å². The van der Waals surface area contributed by atoms with Gasteiger partial charge in [-0.05, 0) is 58.9 Å². The molecule has 100 valence electrons. The van der Waals surface area contributed by atoms with E-state index < -0.39 is 5.97 Å². The molecule has 0 spiro atoms. The minimum Gasteiger partial charge on any atom is -0.481 e. The molecule has 0 atom stereocenters. The number of carboxylic acid groups (broad SMARTS) is 1. The predicted octanol–water partition coefficient (Wildman–Crippen LogP) is 1.66. The van der Waals surface area contributed by atoms with Gasteiger partial charge >= 0.3 is 5.97 Å². The van der Waals surface area contributed by atoms with E-state index in [1.165, 1.54) is 38.9 Å². The summed E-state index contributed by atoms with van der Waals surface area (Å²) in [7, 11) is 2.13. The molecule has 0 unspecified atom stereocenters. The summed E-state index contributed by atoms with van der Waals surface area (Å²) in [5, 5.41) is 8.61. The normalized spacial score (nSPS) is 18.8. The van der Waals surface area contributed by atoms with Gasteiger partial charge in [-0.1, -0.05) is 6.92 Å². The van der Waals surface area contributed by atoms with Gasteiger partial charge < -0.3 is 14.9 Å². The van der Waals surface area contributed by atoms with Gasteiger partial charge in [0.25, 0.3) is 0 Å². The first kappa shape index (κ1) is 14.5. The molecule has 1 saturated heterocycles. The third kappa shape index (κ3) is 5.50. The van der Waals surface area contributed by atoms with E-state index in [4.69, 9.17) is 5.11 Å². The van der Waals surface area contributed by atoms with Crippen LogP contribution in [0.1, 0.15) is 39.0 Å². The van der Waals surface area contributed by atoms with Crippen LogP contribution in [0.3, 0.4) is 0 Å². The lowest BCUT2D eigenvalue weighted by Crippen LogP contribution is -2.43. The molecule has 4 heteroatoms. The van der Waals surface area contributed by atoms with Gasteiger partial charge in [-0.2, -0.15) is 0 Å². The van der Waals surface area contributed by atoms with E-state index in [2.05, 4.69) is 23.8 Å². The molecule has 0 amide bonds. The van der Waals surface area contributed by atoms with E-state index in [9.17, 15) is 4.79 Å². The van der Waals surface area contributed by atoms with Gasteiger partial charge in [-0.25, -0.2) is 0 Å². The van der Waals surface area contributed by atoms with Crippen molar-refractivity contribution >= 4 is 5.97 Å². The number of aliphatic carboxylic acids is 1. The van der Waals surface area contributed by atoms with Gasteiger partial charge in [-0.3, -0.25) is 4.79 Å². The first-order valence-corrected chi connectivity index (χ1v) is 6.78. The largest absolute Gasteiger partial charge is 0.481 e. The van der Waals surface area contributed by atoms with Gasteiger partial charge in [0.2, 0.25) is 0 Å². The maximum absolute atomic E-state index is 10.4. The molecular weight excluding hydrogens is 216 g/mol. The summed E-state index contributed by atoms with van der Waals surface area (Å²) in [6.45, 7) is 6.74. The van der Waals surface area contributed by atoms with Crippen molar-refractivity contribution in [3.05, 3.63) is 0 Å². The minimum atomic E-state index is -0.684. The highest BCUT2D eigenvalue weighted by atomic mass is 16.4. The van der Waals surface area contributed by atoms with E-state index >= 15 is 0 Å². The number of nitrogens with zero attached hydrogens (tertiary/aromatic N) is 2. The molecule has 1 aliphatic heterocycles. The molecule has 0 bridgehead atoms. The van der Waals surface area contributed by atoms with Gasteiger partial charge in [0.05, 0.1) is 0 Å². The van der Waals surface area contributed by atoms with Crippen molar-refractivity contribution < 1.29 is 9.90 Å². The van der Waals surface area contributed by atoms with E-state index in [1.807, 2.05) is 0 Å². The Balaban J connectivity index is 2.16. The molecule has 1 fully saturated rings. The average molecular weight is 242 g/mol. The van der Waals surface area contributed by atoms with E-state index in [0.29, 0.717) is 12.5 Å². The Morgan fingerprint density at radius 3 is 2.59 bits per heavy atom. The van der Waals surface area contributed by atoms with Crippen LogP contribution in [0, 0.1) is 0 Å². The minimum absolute atomic E-state index is 0.291. The zero-order chi connectivity index (χ0) is 12.7. The molecule has 1 aliphatic rings. The highest BCUT2D eigenvalue weighted by molar-refractivity contribution is 5.66. The third-order valence-electron chi connectivity index (χ3n) is 3.62. The molecule has 0 aromatic rings. The summed E-state index contributed by atoms with van der Waals surface area (Å²) >= 11 is 0. The lowest BCUT2D eigenvalue weighted by atomic mass is 10.0. The van der Waals surface area contributed by atoms with Crippen molar-refractivity contribution in [1.82, 2.24) is 9.80 Å². The second-order valence-electron chi connectivity index (χ2n) is 5.05. The highest BCUT2D eigenvalue weighted by Crippen LogP contribution is 2.15. The lowest BCUT2D eigenvalue weighted by Gasteiger charge is -2.36. The third-order valence-corrected chi connectivity index (χ3v) is 3.62. The van der Waals surface area contributed by atoms with Crippen molar-refractivity contribution in [1.29, 1.82) is 0 Å². The summed E-state index contributed by atoms with van der Waals surface area (Å²) in [5.74, 6) is -0.684. The number of likely N-dealkylation sites (tertiary alicyclic amines) is 1. The van der Waals surface area contributed by atoms with Crippen LogP contribution in [0.25, 0.3) is 0 Å². The summed E-state index contributed by atoms with van der Waals surface area (Å²) in [6.07, 6.45) is 4.74. The Morgan fingerprint density at radius 1 is 1.41 bits per heavy atom. The second-order valence-corrected chi connectivity index (χ2v) is 5.05. The quantitative estimate of drug-likeness (QED) is 0.737. The van der Waals surface area contributed by atoms with Crippen LogP contribution in [0.4, 0.5) is 0 Å². The van der Waals surface area contributed by atoms with E-state index in [1.54, 1.807) is 0 Å². The van der Waals surface area contributed by atoms with Crippen LogP contribution in [0.15, 0.2) is 0 Å². The summed E-state index contributed by atoms with van der Waals surface area (Å²) < 4.78 is 0. The van der Waals surface area contributed by atoms with Crippen LogP contribution in [0.2, 0.25) is 0 Å². The van der Waals surface area contributed by atoms with E-state index in [-0.39, 0.29) is 0 Å². The smallest absolute Gasteiger partial charge is 0.303 e. The summed E-state index contributed by atoms with van der Waals surface area (Å²) in [5.41, 5.74) is 0. The molecule has 1 N–H and O–H groups in total. The summed E-state index contributed by atoms with van der Waals surface area (Å²) in [6, 6.07) is 0.650. The number of carboxylic acids is 1. The van der Waals surface area contributed by atoms with E-state index in [0.717, 1.165) is 13.0 Å². The molecule has 0 aromatic heterocycles. The van der Waals surface area contributed by atoms with Gasteiger partial charge in [-0.15, -0.1) is 0 Å². The lowest BCUT2D eigenvalue weighted by molar-refractivity contribution is -0.137. The molecular formula is C13H26N2O2. The fraction of sp³-hybridized carbons (Fsp3) is 0.923. The standard InChI is InChI=1S/C13H26N2O2/c1-3-8-15-10-6-12(7-11-15)14(2)9-4-5-13(16)17/h12H,3-11H2,1-2H3,(H,16,17). The SMILES string of the molecule is CCCN1CCC(N(C)CCCC(=O)O)CC1. The summed E-state index contributed by atoms with van der Waals surface area (Å²) in [4.78, 5) is 15.3. The fourth-order valence-electron chi connectivity index (χ4n) is 2.56. The van der Waals surface area contributed by atoms with Crippen LogP contribution in [-0.4, -0.2) is 60.1 Å². The molecule has 0 aromatic carbocycles. The molecule has 1 heterocycles. The molecule has 4 nitrogen and oxygen atoms in total. The van der Waals surface area contributed by atoms with Crippen LogP contribution in [-0.2, 0) is 4.79 Å². The van der Waals surface area contributed by atoms with Gasteiger partial charge in [0.15, 0.2) is 0 Å². The Hall–Kier alpha value is -0.610. The average Bonchev–Trinajstić information content (AvgIpc) is 2.30. The Labute approximate surface area is 105 Å². The number of hydrogen-bond acceptors (Lipinski definition) is 3. The molecule has 1 rings (SSSR count). The van der Waals surface area contributed by atoms with Crippen molar-refractivity contribution in [3.63, 3.8) is 0 Å². The monoisotopic (exact) mass is 242 g/mol.